The van der Waals surface area contributed by atoms with Gasteiger partial charge in [0, 0.05) is 23.2 Å². The Morgan fingerprint density at radius 1 is 1.15 bits per heavy atom. The van der Waals surface area contributed by atoms with Crippen LogP contribution in [0.4, 0.5) is 0 Å². The van der Waals surface area contributed by atoms with Crippen molar-refractivity contribution in [2.45, 2.75) is 19.6 Å². The van der Waals surface area contributed by atoms with Crippen molar-refractivity contribution in [3.8, 4) is 17.2 Å². The van der Waals surface area contributed by atoms with Gasteiger partial charge in [-0.3, -0.25) is 0 Å². The van der Waals surface area contributed by atoms with Gasteiger partial charge in [0.1, 0.15) is 0 Å². The van der Waals surface area contributed by atoms with Gasteiger partial charge in [0.2, 0.25) is 0 Å². The molecular formula is C19H18N6O. The van der Waals surface area contributed by atoms with Crippen LogP contribution in [0, 0.1) is 0 Å². The Morgan fingerprint density at radius 3 is 2.85 bits per heavy atom. The molecule has 1 atom stereocenters. The summed E-state index contributed by atoms with van der Waals surface area (Å²) >= 11 is 0. The number of hydrogen-bond donors (Lipinski definition) is 2. The Morgan fingerprint density at radius 2 is 2.04 bits per heavy atom. The fourth-order valence-corrected chi connectivity index (χ4v) is 2.78. The molecule has 3 N–H and O–H groups in total. The fraction of sp³-hybridized carbons (Fsp3) is 0.158. The predicted molar refractivity (Wildman–Crippen MR) is 98.4 cm³/mol. The summed E-state index contributed by atoms with van der Waals surface area (Å²) in [6.07, 6.45) is 3.50. The van der Waals surface area contributed by atoms with Gasteiger partial charge in [-0.25, -0.2) is 19.6 Å². The monoisotopic (exact) mass is 346 g/mol. The van der Waals surface area contributed by atoms with Crippen LogP contribution in [0.1, 0.15) is 24.4 Å². The lowest BCUT2D eigenvalue weighted by atomic mass is 10.1. The summed E-state index contributed by atoms with van der Waals surface area (Å²) in [5.74, 6) is 1.26. The first-order chi connectivity index (χ1) is 12.7. The molecule has 4 rings (SSSR count). The summed E-state index contributed by atoms with van der Waals surface area (Å²) in [5.41, 5.74) is 9.08. The van der Waals surface area contributed by atoms with Crippen molar-refractivity contribution in [1.82, 2.24) is 24.7 Å². The lowest BCUT2D eigenvalue weighted by molar-refractivity contribution is 0.276. The van der Waals surface area contributed by atoms with Gasteiger partial charge in [0.25, 0.3) is 0 Å². The van der Waals surface area contributed by atoms with E-state index in [1.165, 1.54) is 0 Å². The molecule has 0 aliphatic heterocycles. The number of aliphatic hydroxyl groups is 1. The van der Waals surface area contributed by atoms with Crippen molar-refractivity contribution >= 4 is 10.9 Å². The molecule has 26 heavy (non-hydrogen) atoms. The molecule has 3 aromatic heterocycles. The minimum Gasteiger partial charge on any atom is -0.390 e. The second-order valence-electron chi connectivity index (χ2n) is 6.07. The van der Waals surface area contributed by atoms with E-state index in [0.29, 0.717) is 17.3 Å². The molecule has 0 aliphatic rings. The van der Waals surface area contributed by atoms with Gasteiger partial charge in [-0.1, -0.05) is 18.2 Å². The standard InChI is InChI=1S/C19H18N6O/c1-12(20)16-7-8-21-19(24-16)13-5-6-14-10-22-25(17(14)9-13)18-4-2-3-15(11-26)23-18/h2-10,12,26H,11,20H2,1H3/t12-/m0/s1. The second kappa shape index (κ2) is 6.62. The van der Waals surface area contributed by atoms with Crippen LogP contribution in [-0.2, 0) is 6.61 Å². The van der Waals surface area contributed by atoms with Gasteiger partial charge in [-0.15, -0.1) is 0 Å². The van der Waals surface area contributed by atoms with E-state index in [-0.39, 0.29) is 12.6 Å². The zero-order valence-corrected chi connectivity index (χ0v) is 14.2. The molecule has 0 fully saturated rings. The van der Waals surface area contributed by atoms with E-state index in [1.807, 2.05) is 43.3 Å². The molecule has 4 aromatic rings. The highest BCUT2D eigenvalue weighted by atomic mass is 16.3. The molecule has 0 saturated carbocycles. The molecular weight excluding hydrogens is 328 g/mol. The lowest BCUT2D eigenvalue weighted by Gasteiger charge is -2.08. The Bertz CT molecular complexity index is 1070. The minimum atomic E-state index is -0.156. The first kappa shape index (κ1) is 16.3. The summed E-state index contributed by atoms with van der Waals surface area (Å²) < 4.78 is 1.74. The number of nitrogens with two attached hydrogens (primary N) is 1. The maximum absolute atomic E-state index is 9.32. The van der Waals surface area contributed by atoms with Crippen LogP contribution in [-0.4, -0.2) is 29.8 Å². The van der Waals surface area contributed by atoms with Gasteiger partial charge < -0.3 is 10.8 Å². The highest BCUT2D eigenvalue weighted by molar-refractivity contribution is 5.84. The van der Waals surface area contributed by atoms with E-state index in [4.69, 9.17) is 5.73 Å². The average Bonchev–Trinajstić information content (AvgIpc) is 3.11. The summed E-state index contributed by atoms with van der Waals surface area (Å²) in [5, 5.41) is 14.7. The third-order valence-electron chi connectivity index (χ3n) is 4.14. The smallest absolute Gasteiger partial charge is 0.159 e. The molecule has 0 amide bonds. The third kappa shape index (κ3) is 2.94. The topological polar surface area (TPSA) is 103 Å². The highest BCUT2D eigenvalue weighted by Gasteiger charge is 2.11. The van der Waals surface area contributed by atoms with Crippen LogP contribution in [0.5, 0.6) is 0 Å². The van der Waals surface area contributed by atoms with E-state index in [1.54, 1.807) is 23.1 Å². The van der Waals surface area contributed by atoms with Crippen molar-refractivity contribution in [3.63, 3.8) is 0 Å². The average molecular weight is 346 g/mol. The zero-order valence-electron chi connectivity index (χ0n) is 14.2. The van der Waals surface area contributed by atoms with Crippen LogP contribution in [0.2, 0.25) is 0 Å². The molecule has 0 saturated heterocycles. The van der Waals surface area contributed by atoms with Crippen LogP contribution in [0.3, 0.4) is 0 Å². The summed E-state index contributed by atoms with van der Waals surface area (Å²) in [6.45, 7) is 1.78. The van der Waals surface area contributed by atoms with E-state index < -0.39 is 0 Å². The van der Waals surface area contributed by atoms with E-state index in [0.717, 1.165) is 22.2 Å². The fourth-order valence-electron chi connectivity index (χ4n) is 2.78. The van der Waals surface area contributed by atoms with E-state index in [9.17, 15) is 5.11 Å². The molecule has 7 heteroatoms. The van der Waals surface area contributed by atoms with Gasteiger partial charge in [-0.2, -0.15) is 5.10 Å². The summed E-state index contributed by atoms with van der Waals surface area (Å²) in [7, 11) is 0. The quantitative estimate of drug-likeness (QED) is 0.588. The molecule has 0 unspecified atom stereocenters. The molecule has 0 aliphatic carbocycles. The Kier molecular flexibility index (Phi) is 4.16. The highest BCUT2D eigenvalue weighted by Crippen LogP contribution is 2.24. The molecule has 0 bridgehead atoms. The second-order valence-corrected chi connectivity index (χ2v) is 6.07. The summed E-state index contributed by atoms with van der Waals surface area (Å²) in [6, 6.07) is 13.1. The SMILES string of the molecule is C[C@H](N)c1ccnc(-c2ccc3cnn(-c4cccc(CO)n4)c3c2)n1. The number of pyridine rings is 1. The molecule has 7 nitrogen and oxygen atoms in total. The van der Waals surface area contributed by atoms with Gasteiger partial charge in [0.15, 0.2) is 11.6 Å². The van der Waals surface area contributed by atoms with Gasteiger partial charge >= 0.3 is 0 Å². The van der Waals surface area contributed by atoms with Crippen LogP contribution < -0.4 is 5.73 Å². The van der Waals surface area contributed by atoms with Crippen LogP contribution in [0.15, 0.2) is 54.9 Å². The van der Waals surface area contributed by atoms with Crippen molar-refractivity contribution in [2.75, 3.05) is 0 Å². The van der Waals surface area contributed by atoms with Crippen LogP contribution in [0.25, 0.3) is 28.1 Å². The van der Waals surface area contributed by atoms with Crippen molar-refractivity contribution in [3.05, 3.63) is 66.2 Å². The minimum absolute atomic E-state index is 0.115. The van der Waals surface area contributed by atoms with E-state index >= 15 is 0 Å². The van der Waals surface area contributed by atoms with Crippen molar-refractivity contribution < 1.29 is 5.11 Å². The predicted octanol–water partition coefficient (Wildman–Crippen LogP) is 2.39. The number of aliphatic hydroxyl groups excluding tert-OH is 1. The molecule has 1 aromatic carbocycles. The van der Waals surface area contributed by atoms with Crippen molar-refractivity contribution in [2.24, 2.45) is 5.73 Å². The largest absolute Gasteiger partial charge is 0.390 e. The normalized spacial score (nSPS) is 12.4. The molecule has 0 spiro atoms. The number of benzene rings is 1. The number of hydrogen-bond acceptors (Lipinski definition) is 6. The number of nitrogens with zero attached hydrogens (tertiary/aromatic N) is 5. The Hall–Kier alpha value is -3.16. The first-order valence-corrected chi connectivity index (χ1v) is 8.29. The number of fused-ring (bicyclic) bond motifs is 1. The first-order valence-electron chi connectivity index (χ1n) is 8.29. The van der Waals surface area contributed by atoms with Gasteiger partial charge in [-0.05, 0) is 31.2 Å². The molecule has 3 heterocycles. The zero-order chi connectivity index (χ0) is 18.1. The maximum Gasteiger partial charge on any atom is 0.159 e. The summed E-state index contributed by atoms with van der Waals surface area (Å²) in [4.78, 5) is 13.3. The Balaban J connectivity index is 1.83. The van der Waals surface area contributed by atoms with Crippen molar-refractivity contribution in [1.29, 1.82) is 0 Å². The molecule has 0 radical (unpaired) electrons. The third-order valence-corrected chi connectivity index (χ3v) is 4.14. The Labute approximate surface area is 150 Å². The molecule has 130 valence electrons. The maximum atomic E-state index is 9.32. The van der Waals surface area contributed by atoms with Gasteiger partial charge in [0.05, 0.1) is 29.7 Å². The van der Waals surface area contributed by atoms with Crippen LogP contribution >= 0.6 is 0 Å². The van der Waals surface area contributed by atoms with E-state index in [2.05, 4.69) is 20.1 Å². The lowest BCUT2D eigenvalue weighted by Crippen LogP contribution is -2.08. The number of aromatic nitrogens is 5. The number of rotatable bonds is 4.